The van der Waals surface area contributed by atoms with Gasteiger partial charge in [0.25, 0.3) is 10.0 Å². The standard InChI is InChI=1S/C31H36ClN3O4S/c1-3-28(31(37)33-26-14-10-11-15-26)34(21-24-12-6-4-7-13-24)30(36)22-35(29-19-18-25(32)20-23(29)2)40(38,39)27-16-8-5-9-17-27/h4-9,12-13,16-20,26,28H,3,10-11,14-15,21-22H2,1-2H3,(H,33,37)/t28-/m1/s1. The fourth-order valence-corrected chi connectivity index (χ4v) is 6.93. The number of aryl methyl sites for hydroxylation is 1. The number of carbonyl (C=O) groups is 2. The average molecular weight is 582 g/mol. The van der Waals surface area contributed by atoms with Gasteiger partial charge in [-0.3, -0.25) is 13.9 Å². The van der Waals surface area contributed by atoms with Crippen LogP contribution in [-0.2, 0) is 26.2 Å². The molecule has 2 amide bonds. The molecule has 0 aliphatic heterocycles. The summed E-state index contributed by atoms with van der Waals surface area (Å²) in [4.78, 5) is 29.2. The van der Waals surface area contributed by atoms with E-state index in [1.54, 1.807) is 43.3 Å². The van der Waals surface area contributed by atoms with Crippen LogP contribution in [0.3, 0.4) is 0 Å². The second kappa shape index (κ2) is 13.3. The minimum atomic E-state index is -4.12. The highest BCUT2D eigenvalue weighted by Crippen LogP contribution is 2.29. The summed E-state index contributed by atoms with van der Waals surface area (Å²) in [6.07, 6.45) is 4.38. The summed E-state index contributed by atoms with van der Waals surface area (Å²) < 4.78 is 29.0. The van der Waals surface area contributed by atoms with E-state index >= 15 is 0 Å². The van der Waals surface area contributed by atoms with Gasteiger partial charge >= 0.3 is 0 Å². The first-order chi connectivity index (χ1) is 19.2. The molecule has 40 heavy (non-hydrogen) atoms. The zero-order valence-electron chi connectivity index (χ0n) is 22.9. The van der Waals surface area contributed by atoms with Crippen LogP contribution in [0.4, 0.5) is 5.69 Å². The van der Waals surface area contributed by atoms with E-state index in [1.807, 2.05) is 37.3 Å². The summed E-state index contributed by atoms with van der Waals surface area (Å²) in [5.41, 5.74) is 1.81. The normalized spacial score (nSPS) is 14.5. The molecule has 0 saturated heterocycles. The smallest absolute Gasteiger partial charge is 0.264 e. The number of benzene rings is 3. The minimum absolute atomic E-state index is 0.0674. The van der Waals surface area contributed by atoms with Gasteiger partial charge in [0.2, 0.25) is 11.8 Å². The molecule has 4 rings (SSSR count). The molecule has 1 aliphatic rings. The summed E-state index contributed by atoms with van der Waals surface area (Å²) in [6, 6.07) is 21.7. The molecule has 9 heteroatoms. The highest BCUT2D eigenvalue weighted by atomic mass is 35.5. The zero-order chi connectivity index (χ0) is 28.7. The molecule has 0 radical (unpaired) electrons. The van der Waals surface area contributed by atoms with Crippen molar-refractivity contribution in [1.29, 1.82) is 0 Å². The number of halogens is 1. The maximum Gasteiger partial charge on any atom is 0.264 e. The van der Waals surface area contributed by atoms with Crippen LogP contribution in [0.5, 0.6) is 0 Å². The van der Waals surface area contributed by atoms with Crippen molar-refractivity contribution in [3.63, 3.8) is 0 Å². The molecule has 0 unspecified atom stereocenters. The zero-order valence-corrected chi connectivity index (χ0v) is 24.5. The third kappa shape index (κ3) is 7.04. The van der Waals surface area contributed by atoms with E-state index in [-0.39, 0.29) is 23.4 Å². The Morgan fingerprint density at radius 3 is 2.20 bits per heavy atom. The molecular weight excluding hydrogens is 546 g/mol. The minimum Gasteiger partial charge on any atom is -0.352 e. The largest absolute Gasteiger partial charge is 0.352 e. The van der Waals surface area contributed by atoms with Gasteiger partial charge in [0.15, 0.2) is 0 Å². The van der Waals surface area contributed by atoms with Crippen molar-refractivity contribution < 1.29 is 18.0 Å². The summed E-state index contributed by atoms with van der Waals surface area (Å²) in [5.74, 6) is -0.676. The third-order valence-corrected chi connectivity index (χ3v) is 9.33. The van der Waals surface area contributed by atoms with E-state index in [1.165, 1.54) is 17.0 Å². The summed E-state index contributed by atoms with van der Waals surface area (Å²) in [7, 11) is -4.12. The highest BCUT2D eigenvalue weighted by molar-refractivity contribution is 7.92. The van der Waals surface area contributed by atoms with Crippen LogP contribution in [-0.4, -0.2) is 43.8 Å². The Bertz CT molecular complexity index is 1410. The molecule has 1 N–H and O–H groups in total. The van der Waals surface area contributed by atoms with Crippen molar-refractivity contribution in [3.8, 4) is 0 Å². The van der Waals surface area contributed by atoms with Gasteiger partial charge in [-0.25, -0.2) is 8.42 Å². The molecule has 3 aromatic carbocycles. The van der Waals surface area contributed by atoms with Gasteiger partial charge in [-0.2, -0.15) is 0 Å². The molecule has 1 aliphatic carbocycles. The number of carbonyl (C=O) groups excluding carboxylic acids is 2. The first-order valence-corrected chi connectivity index (χ1v) is 15.5. The summed E-state index contributed by atoms with van der Waals surface area (Å²) >= 11 is 6.18. The van der Waals surface area contributed by atoms with Gasteiger partial charge in [-0.15, -0.1) is 0 Å². The highest BCUT2D eigenvalue weighted by Gasteiger charge is 2.35. The number of nitrogens with zero attached hydrogens (tertiary/aromatic N) is 2. The van der Waals surface area contributed by atoms with Crippen molar-refractivity contribution in [2.45, 2.75) is 69.5 Å². The van der Waals surface area contributed by atoms with Crippen molar-refractivity contribution in [2.24, 2.45) is 0 Å². The van der Waals surface area contributed by atoms with Crippen LogP contribution in [0, 0.1) is 6.92 Å². The molecular formula is C31H36ClN3O4S. The molecule has 1 saturated carbocycles. The average Bonchev–Trinajstić information content (AvgIpc) is 3.46. The predicted molar refractivity (Wildman–Crippen MR) is 159 cm³/mol. The number of anilines is 1. The maximum atomic E-state index is 14.1. The SMILES string of the molecule is CC[C@H](C(=O)NC1CCCC1)N(Cc1ccccc1)C(=O)CN(c1ccc(Cl)cc1C)S(=O)(=O)c1ccccc1. The second-order valence-electron chi connectivity index (χ2n) is 10.2. The lowest BCUT2D eigenvalue weighted by molar-refractivity contribution is -0.140. The summed E-state index contributed by atoms with van der Waals surface area (Å²) in [6.45, 7) is 3.33. The molecule has 3 aromatic rings. The summed E-state index contributed by atoms with van der Waals surface area (Å²) in [5, 5.41) is 3.59. The Balaban J connectivity index is 1.72. The van der Waals surface area contributed by atoms with Crippen molar-refractivity contribution in [1.82, 2.24) is 10.2 Å². The number of rotatable bonds is 11. The lowest BCUT2D eigenvalue weighted by Gasteiger charge is -2.34. The van der Waals surface area contributed by atoms with Gasteiger partial charge < -0.3 is 10.2 Å². The van der Waals surface area contributed by atoms with E-state index in [0.717, 1.165) is 35.6 Å². The van der Waals surface area contributed by atoms with Crippen LogP contribution in [0.15, 0.2) is 83.8 Å². The number of hydrogen-bond acceptors (Lipinski definition) is 4. The van der Waals surface area contributed by atoms with Gasteiger partial charge in [0.1, 0.15) is 12.6 Å². The van der Waals surface area contributed by atoms with Crippen molar-refractivity contribution >= 4 is 39.1 Å². The number of amides is 2. The molecule has 7 nitrogen and oxygen atoms in total. The lowest BCUT2D eigenvalue weighted by atomic mass is 10.1. The second-order valence-corrected chi connectivity index (χ2v) is 12.5. The Morgan fingerprint density at radius 1 is 0.975 bits per heavy atom. The van der Waals surface area contributed by atoms with E-state index in [2.05, 4.69) is 5.32 Å². The third-order valence-electron chi connectivity index (χ3n) is 7.32. The van der Waals surface area contributed by atoms with Crippen LogP contribution >= 0.6 is 11.6 Å². The van der Waals surface area contributed by atoms with E-state index < -0.39 is 28.5 Å². The van der Waals surface area contributed by atoms with Crippen molar-refractivity contribution in [3.05, 3.63) is 95.0 Å². The quantitative estimate of drug-likeness (QED) is 0.314. The van der Waals surface area contributed by atoms with Crippen LogP contribution in [0.25, 0.3) is 0 Å². The van der Waals surface area contributed by atoms with Gasteiger partial charge in [0, 0.05) is 17.6 Å². The predicted octanol–water partition coefficient (Wildman–Crippen LogP) is 5.71. The number of nitrogens with one attached hydrogen (secondary N) is 1. The monoisotopic (exact) mass is 581 g/mol. The fraction of sp³-hybridized carbons (Fsp3) is 0.355. The van der Waals surface area contributed by atoms with Crippen LogP contribution in [0.1, 0.15) is 50.2 Å². The Kier molecular flexibility index (Phi) is 9.87. The molecule has 0 spiro atoms. The van der Waals surface area contributed by atoms with Crippen LogP contribution in [0.2, 0.25) is 5.02 Å². The van der Waals surface area contributed by atoms with Gasteiger partial charge in [0.05, 0.1) is 10.6 Å². The molecule has 0 heterocycles. The molecule has 0 aromatic heterocycles. The Morgan fingerprint density at radius 2 is 1.60 bits per heavy atom. The topological polar surface area (TPSA) is 86.8 Å². The van der Waals surface area contributed by atoms with E-state index in [0.29, 0.717) is 22.7 Å². The molecule has 1 fully saturated rings. The van der Waals surface area contributed by atoms with Gasteiger partial charge in [-0.05, 0) is 67.6 Å². The first kappa shape index (κ1) is 29.6. The first-order valence-electron chi connectivity index (χ1n) is 13.7. The number of hydrogen-bond donors (Lipinski definition) is 1. The fourth-order valence-electron chi connectivity index (χ4n) is 5.20. The Labute approximate surface area is 242 Å². The van der Waals surface area contributed by atoms with E-state index in [9.17, 15) is 18.0 Å². The maximum absolute atomic E-state index is 14.1. The molecule has 0 bridgehead atoms. The molecule has 1 atom stereocenters. The van der Waals surface area contributed by atoms with Crippen molar-refractivity contribution in [2.75, 3.05) is 10.8 Å². The van der Waals surface area contributed by atoms with Crippen LogP contribution < -0.4 is 9.62 Å². The Hall–Kier alpha value is -3.36. The molecule has 212 valence electrons. The number of sulfonamides is 1. The van der Waals surface area contributed by atoms with E-state index in [4.69, 9.17) is 11.6 Å². The lowest BCUT2D eigenvalue weighted by Crippen LogP contribution is -2.53. The van der Waals surface area contributed by atoms with Gasteiger partial charge in [-0.1, -0.05) is 79.9 Å².